The van der Waals surface area contributed by atoms with Gasteiger partial charge in [0.05, 0.1) is 5.54 Å². The molecule has 1 unspecified atom stereocenters. The minimum Gasteiger partial charge on any atom is -0.340 e. The molecule has 3 N–H and O–H groups in total. The maximum absolute atomic E-state index is 11.5. The van der Waals surface area contributed by atoms with Crippen molar-refractivity contribution in [2.45, 2.75) is 44.7 Å². The highest BCUT2D eigenvalue weighted by Gasteiger charge is 2.30. The van der Waals surface area contributed by atoms with E-state index in [9.17, 15) is 4.79 Å². The van der Waals surface area contributed by atoms with Gasteiger partial charge in [-0.3, -0.25) is 4.79 Å². The number of nitrogens with one attached hydrogen (secondary N) is 1. The first-order valence-electron chi connectivity index (χ1n) is 4.99. The zero-order valence-electron chi connectivity index (χ0n) is 8.84. The number of amides is 1. The van der Waals surface area contributed by atoms with Gasteiger partial charge in [-0.05, 0) is 32.6 Å². The number of hydrogen-bond donors (Lipinski definition) is 2. The molecule has 0 aromatic heterocycles. The van der Waals surface area contributed by atoms with Crippen LogP contribution in [0, 0.1) is 18.3 Å². The summed E-state index contributed by atoms with van der Waals surface area (Å²) in [6.45, 7) is 3.60. The van der Waals surface area contributed by atoms with E-state index >= 15 is 0 Å². The Kier molecular flexibility index (Phi) is 3.17. The molecule has 3 heteroatoms. The third-order valence-corrected chi connectivity index (χ3v) is 2.46. The largest absolute Gasteiger partial charge is 0.340 e. The molecule has 3 nitrogen and oxygen atoms in total. The predicted molar refractivity (Wildman–Crippen MR) is 56.4 cm³/mol. The summed E-state index contributed by atoms with van der Waals surface area (Å²) < 4.78 is 0. The maximum Gasteiger partial charge on any atom is 0.222 e. The van der Waals surface area contributed by atoms with Crippen LogP contribution in [-0.4, -0.2) is 17.5 Å². The van der Waals surface area contributed by atoms with Crippen molar-refractivity contribution in [1.29, 1.82) is 0 Å². The molecular formula is C11H18N2O. The Morgan fingerprint density at radius 2 is 2.29 bits per heavy atom. The number of carbonyl (C=O) groups is 1. The number of rotatable bonds is 4. The van der Waals surface area contributed by atoms with Gasteiger partial charge in [0.25, 0.3) is 0 Å². The van der Waals surface area contributed by atoms with Crippen molar-refractivity contribution in [3.8, 4) is 12.3 Å². The van der Waals surface area contributed by atoms with Crippen molar-refractivity contribution < 1.29 is 4.79 Å². The molecule has 1 rings (SSSR count). The monoisotopic (exact) mass is 194 g/mol. The van der Waals surface area contributed by atoms with Crippen LogP contribution in [-0.2, 0) is 4.79 Å². The fourth-order valence-corrected chi connectivity index (χ4v) is 1.34. The van der Waals surface area contributed by atoms with Crippen LogP contribution in [0.15, 0.2) is 0 Å². The smallest absolute Gasteiger partial charge is 0.222 e. The summed E-state index contributed by atoms with van der Waals surface area (Å²) in [5, 5.41) is 2.76. The first-order chi connectivity index (χ1) is 6.44. The normalized spacial score (nSPS) is 18.4. The number of terminal acetylenes is 1. The number of nitrogens with two attached hydrogens (primary N) is 1. The molecule has 1 fully saturated rings. The van der Waals surface area contributed by atoms with Gasteiger partial charge in [0.1, 0.15) is 0 Å². The van der Waals surface area contributed by atoms with Gasteiger partial charge in [-0.25, -0.2) is 0 Å². The predicted octanol–water partition coefficient (Wildman–Crippen LogP) is 0.642. The number of hydrogen-bond acceptors (Lipinski definition) is 2. The number of carbonyl (C=O) groups excluding carboxylic acids is 1. The van der Waals surface area contributed by atoms with Crippen molar-refractivity contribution in [1.82, 2.24) is 5.32 Å². The van der Waals surface area contributed by atoms with Crippen molar-refractivity contribution in [2.75, 3.05) is 0 Å². The average Bonchev–Trinajstić information content (AvgIpc) is 2.84. The van der Waals surface area contributed by atoms with E-state index in [1.54, 1.807) is 13.8 Å². The molecule has 14 heavy (non-hydrogen) atoms. The second kappa shape index (κ2) is 4.02. The summed E-state index contributed by atoms with van der Waals surface area (Å²) in [6.07, 6.45) is 7.97. The van der Waals surface area contributed by atoms with Gasteiger partial charge in [0.15, 0.2) is 0 Å². The highest BCUT2D eigenvalue weighted by Crippen LogP contribution is 2.32. The Hall–Kier alpha value is -1.01. The van der Waals surface area contributed by atoms with E-state index in [-0.39, 0.29) is 11.9 Å². The fourth-order valence-electron chi connectivity index (χ4n) is 1.34. The summed E-state index contributed by atoms with van der Waals surface area (Å²) in [5.74, 6) is 3.02. The van der Waals surface area contributed by atoms with E-state index in [0.29, 0.717) is 12.3 Å². The Morgan fingerprint density at radius 3 is 2.71 bits per heavy atom. The van der Waals surface area contributed by atoms with E-state index in [4.69, 9.17) is 12.2 Å². The molecule has 0 saturated heterocycles. The minimum absolute atomic E-state index is 0.00331. The van der Waals surface area contributed by atoms with Gasteiger partial charge in [-0.2, -0.15) is 0 Å². The lowest BCUT2D eigenvalue weighted by atomic mass is 10.1. The highest BCUT2D eigenvalue weighted by atomic mass is 16.1. The second-order valence-electron chi connectivity index (χ2n) is 4.52. The molecule has 0 heterocycles. The van der Waals surface area contributed by atoms with Gasteiger partial charge in [0, 0.05) is 12.5 Å². The molecule has 0 bridgehead atoms. The lowest BCUT2D eigenvalue weighted by Crippen LogP contribution is -2.44. The van der Waals surface area contributed by atoms with E-state index in [1.807, 2.05) is 0 Å². The quantitative estimate of drug-likeness (QED) is 0.645. The molecular weight excluding hydrogens is 176 g/mol. The Bertz CT molecular complexity index is 261. The first kappa shape index (κ1) is 11.1. The second-order valence-corrected chi connectivity index (χ2v) is 4.52. The van der Waals surface area contributed by atoms with Crippen molar-refractivity contribution >= 4 is 5.91 Å². The minimum atomic E-state index is -0.569. The third-order valence-electron chi connectivity index (χ3n) is 2.46. The molecule has 0 radical (unpaired) electrons. The standard InChI is InChI=1S/C11H18N2O/c1-4-11(2,3)13-10(14)7-9(12)8-5-6-8/h1,8-9H,5-7,12H2,2-3H3,(H,13,14). The Morgan fingerprint density at radius 1 is 1.71 bits per heavy atom. The zero-order valence-corrected chi connectivity index (χ0v) is 8.84. The van der Waals surface area contributed by atoms with E-state index < -0.39 is 5.54 Å². The molecule has 0 spiro atoms. The molecule has 1 atom stereocenters. The summed E-state index contributed by atoms with van der Waals surface area (Å²) >= 11 is 0. The summed E-state index contributed by atoms with van der Waals surface area (Å²) in [5.41, 5.74) is 5.26. The van der Waals surface area contributed by atoms with E-state index in [0.717, 1.165) is 12.8 Å². The maximum atomic E-state index is 11.5. The average molecular weight is 194 g/mol. The SMILES string of the molecule is C#CC(C)(C)NC(=O)CC(N)C1CC1. The van der Waals surface area contributed by atoms with E-state index in [1.165, 1.54) is 0 Å². The third kappa shape index (κ3) is 3.39. The van der Waals surface area contributed by atoms with Crippen LogP contribution in [0.2, 0.25) is 0 Å². The molecule has 0 aromatic carbocycles. The van der Waals surface area contributed by atoms with Gasteiger partial charge in [-0.15, -0.1) is 6.42 Å². The van der Waals surface area contributed by atoms with Crippen LogP contribution in [0.4, 0.5) is 0 Å². The van der Waals surface area contributed by atoms with Gasteiger partial charge < -0.3 is 11.1 Å². The van der Waals surface area contributed by atoms with Crippen molar-refractivity contribution in [3.63, 3.8) is 0 Å². The van der Waals surface area contributed by atoms with Crippen LogP contribution in [0.1, 0.15) is 33.1 Å². The van der Waals surface area contributed by atoms with Crippen LogP contribution in [0.3, 0.4) is 0 Å². The fraction of sp³-hybridized carbons (Fsp3) is 0.727. The summed E-state index contributed by atoms with van der Waals surface area (Å²) in [6, 6.07) is 0.00331. The van der Waals surface area contributed by atoms with Gasteiger partial charge in [-0.1, -0.05) is 5.92 Å². The molecule has 0 aliphatic heterocycles. The van der Waals surface area contributed by atoms with Crippen molar-refractivity contribution in [2.24, 2.45) is 11.7 Å². The topological polar surface area (TPSA) is 55.1 Å². The summed E-state index contributed by atoms with van der Waals surface area (Å²) in [7, 11) is 0. The molecule has 1 aliphatic carbocycles. The van der Waals surface area contributed by atoms with E-state index in [2.05, 4.69) is 11.2 Å². The van der Waals surface area contributed by atoms with Crippen molar-refractivity contribution in [3.05, 3.63) is 0 Å². The van der Waals surface area contributed by atoms with Crippen LogP contribution < -0.4 is 11.1 Å². The molecule has 0 aromatic rings. The lowest BCUT2D eigenvalue weighted by Gasteiger charge is -2.20. The van der Waals surface area contributed by atoms with Crippen LogP contribution in [0.25, 0.3) is 0 Å². The summed E-state index contributed by atoms with van der Waals surface area (Å²) in [4.78, 5) is 11.5. The van der Waals surface area contributed by atoms with Crippen LogP contribution >= 0.6 is 0 Å². The van der Waals surface area contributed by atoms with Gasteiger partial charge >= 0.3 is 0 Å². The van der Waals surface area contributed by atoms with Gasteiger partial charge in [0.2, 0.25) is 5.91 Å². The Labute approximate surface area is 85.4 Å². The highest BCUT2D eigenvalue weighted by molar-refractivity contribution is 5.77. The van der Waals surface area contributed by atoms with Crippen LogP contribution in [0.5, 0.6) is 0 Å². The Balaban J connectivity index is 2.32. The molecule has 1 amide bonds. The molecule has 78 valence electrons. The zero-order chi connectivity index (χ0) is 10.8. The first-order valence-corrected chi connectivity index (χ1v) is 4.99. The molecule has 1 aliphatic rings. The lowest BCUT2D eigenvalue weighted by molar-refractivity contribution is -0.122. The molecule has 1 saturated carbocycles.